The number of amidine groups is 1. The molecule has 4 radical (unpaired) electrons. The third-order valence-corrected chi connectivity index (χ3v) is 9.57. The second-order valence-corrected chi connectivity index (χ2v) is 12.6. The Morgan fingerprint density at radius 1 is 1.14 bits per heavy atom. The summed E-state index contributed by atoms with van der Waals surface area (Å²) in [6, 6.07) is 13.1. The first-order valence-electron chi connectivity index (χ1n) is 15.1. The summed E-state index contributed by atoms with van der Waals surface area (Å²) in [5.41, 5.74) is 2.92. The summed E-state index contributed by atoms with van der Waals surface area (Å²) in [6.45, 7) is 8.27. The molecule has 8 nitrogen and oxygen atoms in total. The van der Waals surface area contributed by atoms with Crippen LogP contribution in [0.15, 0.2) is 56.9 Å². The average molecular weight is 596 g/mol. The van der Waals surface area contributed by atoms with Crippen LogP contribution in [0.3, 0.4) is 0 Å². The number of unbranched alkanes of at least 4 members (excludes halogenated alkanes) is 1. The van der Waals surface area contributed by atoms with Crippen LogP contribution in [0.4, 0.5) is 5.82 Å². The van der Waals surface area contributed by atoms with Crippen molar-refractivity contribution in [3.8, 4) is 11.1 Å². The maximum absolute atomic E-state index is 13.8. The van der Waals surface area contributed by atoms with Gasteiger partial charge in [0.25, 0.3) is 5.91 Å². The molecular weight excluding hydrogens is 558 g/mol. The van der Waals surface area contributed by atoms with Crippen LogP contribution in [0, 0.1) is 13.8 Å². The van der Waals surface area contributed by atoms with E-state index in [1.165, 1.54) is 0 Å². The van der Waals surface area contributed by atoms with Crippen LogP contribution in [-0.4, -0.2) is 54.2 Å². The van der Waals surface area contributed by atoms with Crippen molar-refractivity contribution in [1.82, 2.24) is 10.1 Å². The molecule has 1 aliphatic heterocycles. The summed E-state index contributed by atoms with van der Waals surface area (Å²) in [4.78, 5) is 21.2. The number of aliphatic imine (C=N–C) groups is 1. The molecule has 1 saturated carbocycles. The Kier molecular flexibility index (Phi) is 9.44. The monoisotopic (exact) mass is 596 g/mol. The molecule has 1 spiro atoms. The number of hydrogen-bond acceptors (Lipinski definition) is 7. The van der Waals surface area contributed by atoms with Crippen LogP contribution in [0.1, 0.15) is 81.2 Å². The molecule has 2 aromatic carbocycles. The number of rotatable bonds is 12. The predicted octanol–water partition coefficient (Wildman–Crippen LogP) is 5.82. The molecule has 1 unspecified atom stereocenters. The molecule has 11 heteroatoms. The molecule has 1 aliphatic carbocycles. The van der Waals surface area contributed by atoms with E-state index in [-0.39, 0.29) is 12.5 Å². The Hall–Kier alpha value is -3.01. The van der Waals surface area contributed by atoms with Gasteiger partial charge in [0.05, 0.1) is 6.54 Å². The Balaban J connectivity index is 1.51. The zero-order valence-electron chi connectivity index (χ0n) is 25.4. The second kappa shape index (κ2) is 12.9. The van der Waals surface area contributed by atoms with Gasteiger partial charge in [0, 0.05) is 29.6 Å². The topological polar surface area (TPSA) is 103 Å². The quantitative estimate of drug-likeness (QED) is 0.209. The summed E-state index contributed by atoms with van der Waals surface area (Å²) in [5, 5.41) is 2.36. The van der Waals surface area contributed by atoms with Gasteiger partial charge in [-0.05, 0) is 68.9 Å². The zero-order valence-corrected chi connectivity index (χ0v) is 26.3. The fourth-order valence-electron chi connectivity index (χ4n) is 5.95. The third-order valence-electron chi connectivity index (χ3n) is 8.43. The molecule has 0 bridgehead atoms. The average Bonchev–Trinajstić information content (AvgIpc) is 3.67. The van der Waals surface area contributed by atoms with Gasteiger partial charge < -0.3 is 13.8 Å². The highest BCUT2D eigenvalue weighted by atomic mass is 32.2. The van der Waals surface area contributed by atoms with Gasteiger partial charge in [-0.2, -0.15) is 4.72 Å². The SMILES string of the molecule is [B]C([B])(OCC)c1cc(CN2C(=O)C3(CCCC3)N=C2CCCC)ccc1-c1ccccc1[S+]([O-])Nc1noc(C)c1C. The fourth-order valence-corrected chi connectivity index (χ4v) is 7.01. The van der Waals surface area contributed by atoms with E-state index in [0.29, 0.717) is 39.7 Å². The highest BCUT2D eigenvalue weighted by Crippen LogP contribution is 2.41. The van der Waals surface area contributed by atoms with Gasteiger partial charge in [-0.25, -0.2) is 0 Å². The van der Waals surface area contributed by atoms with Gasteiger partial charge in [0.1, 0.15) is 44.2 Å². The van der Waals surface area contributed by atoms with Crippen LogP contribution < -0.4 is 4.72 Å². The molecular formula is C32H38B2N4O4S. The molecule has 1 aromatic heterocycles. The Morgan fingerprint density at radius 2 is 1.88 bits per heavy atom. The van der Waals surface area contributed by atoms with Crippen molar-refractivity contribution >= 4 is 44.6 Å². The minimum atomic E-state index is -1.67. The van der Waals surface area contributed by atoms with Gasteiger partial charge >= 0.3 is 0 Å². The standard InChI is InChI=1S/C32H38B2N4O4S/c1-5-7-14-28-35-31(17-10-11-18-31)30(39)38(28)20-23-15-16-24(26(19-23)32(33,34)41-6-2)25-12-8-9-13-27(25)43(40)37-29-21(3)22(4)42-36-29/h8-9,12-13,15-16,19H,5-7,10-11,14,17-18,20H2,1-4H3,(H,36,37). The van der Waals surface area contributed by atoms with Crippen molar-refractivity contribution in [1.29, 1.82) is 0 Å². The molecule has 222 valence electrons. The third kappa shape index (κ3) is 6.30. The van der Waals surface area contributed by atoms with Crippen molar-refractivity contribution in [3.63, 3.8) is 0 Å². The van der Waals surface area contributed by atoms with E-state index in [9.17, 15) is 9.35 Å². The first kappa shape index (κ1) is 31.4. The number of hydrogen-bond donors (Lipinski definition) is 1. The summed E-state index contributed by atoms with van der Waals surface area (Å²) < 4.78 is 27.6. The highest BCUT2D eigenvalue weighted by Gasteiger charge is 2.49. The predicted molar refractivity (Wildman–Crippen MR) is 171 cm³/mol. The molecule has 1 N–H and O–H groups in total. The first-order valence-corrected chi connectivity index (χ1v) is 16.2. The summed E-state index contributed by atoms with van der Waals surface area (Å²) in [7, 11) is 13.2. The molecule has 2 heterocycles. The van der Waals surface area contributed by atoms with Crippen molar-refractivity contribution in [2.45, 2.75) is 95.0 Å². The lowest BCUT2D eigenvalue weighted by atomic mass is 9.59. The van der Waals surface area contributed by atoms with E-state index >= 15 is 0 Å². The maximum Gasteiger partial charge on any atom is 0.256 e. The minimum Gasteiger partial charge on any atom is -0.588 e. The van der Waals surface area contributed by atoms with E-state index in [1.54, 1.807) is 13.0 Å². The molecule has 2 aliphatic rings. The number of aryl methyl sites for hydroxylation is 1. The molecule has 1 fully saturated rings. The maximum atomic E-state index is 13.8. The lowest BCUT2D eigenvalue weighted by Gasteiger charge is -2.31. The normalized spacial score (nSPS) is 17.1. The summed E-state index contributed by atoms with van der Waals surface area (Å²) >= 11 is -1.67. The van der Waals surface area contributed by atoms with Crippen molar-refractivity contribution < 1.29 is 18.6 Å². The number of amides is 1. The van der Waals surface area contributed by atoms with Gasteiger partial charge in [0.2, 0.25) is 5.82 Å². The Bertz CT molecular complexity index is 1500. The van der Waals surface area contributed by atoms with Gasteiger partial charge in [-0.3, -0.25) is 14.7 Å². The van der Waals surface area contributed by atoms with Crippen LogP contribution in [0.25, 0.3) is 11.1 Å². The van der Waals surface area contributed by atoms with Crippen LogP contribution in [0.5, 0.6) is 0 Å². The van der Waals surface area contributed by atoms with Crippen molar-refractivity contribution in [2.75, 3.05) is 11.3 Å². The molecule has 43 heavy (non-hydrogen) atoms. The van der Waals surface area contributed by atoms with Crippen LogP contribution in [0.2, 0.25) is 0 Å². The van der Waals surface area contributed by atoms with Crippen molar-refractivity contribution in [3.05, 3.63) is 64.9 Å². The first-order chi connectivity index (χ1) is 20.6. The number of anilines is 1. The smallest absolute Gasteiger partial charge is 0.256 e. The lowest BCUT2D eigenvalue weighted by molar-refractivity contribution is -0.131. The number of carbonyl (C=O) groups excluding carboxylic acids is 1. The number of ether oxygens (including phenoxy) is 1. The van der Waals surface area contributed by atoms with Gasteiger partial charge in [-0.15, -0.1) is 0 Å². The minimum absolute atomic E-state index is 0.0866. The zero-order chi connectivity index (χ0) is 30.8. The molecule has 1 atom stereocenters. The lowest BCUT2D eigenvalue weighted by Crippen LogP contribution is -2.40. The van der Waals surface area contributed by atoms with E-state index in [1.807, 2.05) is 55.1 Å². The summed E-state index contributed by atoms with van der Waals surface area (Å²) in [6.07, 6.45) is 6.40. The number of aromatic nitrogens is 1. The van der Waals surface area contributed by atoms with E-state index in [4.69, 9.17) is 29.9 Å². The number of nitrogens with one attached hydrogen (secondary N) is 1. The number of nitrogens with zero attached hydrogens (tertiary/aromatic N) is 3. The van der Waals surface area contributed by atoms with E-state index in [2.05, 4.69) is 16.8 Å². The van der Waals surface area contributed by atoms with Crippen LogP contribution >= 0.6 is 0 Å². The largest absolute Gasteiger partial charge is 0.588 e. The number of carbonyl (C=O) groups is 1. The van der Waals surface area contributed by atoms with Gasteiger partial charge in [0.15, 0.2) is 4.90 Å². The molecule has 3 aromatic rings. The Morgan fingerprint density at radius 3 is 2.56 bits per heavy atom. The summed E-state index contributed by atoms with van der Waals surface area (Å²) in [5.74, 6) is 2.01. The molecule has 5 rings (SSSR count). The van der Waals surface area contributed by atoms with E-state index in [0.717, 1.165) is 61.9 Å². The highest BCUT2D eigenvalue weighted by molar-refractivity contribution is 7.92. The van der Waals surface area contributed by atoms with Gasteiger partial charge in [-0.1, -0.05) is 61.7 Å². The van der Waals surface area contributed by atoms with Crippen LogP contribution in [-0.2, 0) is 32.8 Å². The fraction of sp³-hybridized carbons (Fsp3) is 0.469. The molecule has 0 saturated heterocycles. The van der Waals surface area contributed by atoms with Crippen molar-refractivity contribution in [2.24, 2.45) is 4.99 Å². The van der Waals surface area contributed by atoms with E-state index < -0.39 is 22.3 Å². The second-order valence-electron chi connectivity index (χ2n) is 11.4. The molecule has 1 amide bonds. The number of benzene rings is 2. The Labute approximate surface area is 260 Å².